The highest BCUT2D eigenvalue weighted by atomic mass is 79.9. The summed E-state index contributed by atoms with van der Waals surface area (Å²) in [6.07, 6.45) is 1.25. The SMILES string of the molecule is COC(=O)/C(=C/N)Sc1ccccc1Br. The molecule has 0 aliphatic rings. The lowest BCUT2D eigenvalue weighted by Gasteiger charge is -2.05. The van der Waals surface area contributed by atoms with Crippen molar-refractivity contribution in [2.24, 2.45) is 5.73 Å². The molecule has 0 radical (unpaired) electrons. The molecule has 80 valence electrons. The lowest BCUT2D eigenvalue weighted by Crippen LogP contribution is -2.03. The number of carbonyl (C=O) groups excluding carboxylic acids is 1. The first-order valence-corrected chi connectivity index (χ1v) is 5.72. The number of thioether (sulfide) groups is 1. The monoisotopic (exact) mass is 287 g/mol. The second-order valence-corrected chi connectivity index (χ2v) is 4.49. The Morgan fingerprint density at radius 2 is 2.20 bits per heavy atom. The van der Waals surface area contributed by atoms with Gasteiger partial charge in [0, 0.05) is 15.6 Å². The van der Waals surface area contributed by atoms with Crippen molar-refractivity contribution >= 4 is 33.7 Å². The molecule has 3 nitrogen and oxygen atoms in total. The average molecular weight is 288 g/mol. The van der Waals surface area contributed by atoms with Crippen LogP contribution in [0.1, 0.15) is 0 Å². The van der Waals surface area contributed by atoms with Crippen molar-refractivity contribution in [2.45, 2.75) is 4.90 Å². The predicted molar refractivity (Wildman–Crippen MR) is 64.3 cm³/mol. The fourth-order valence-corrected chi connectivity index (χ4v) is 2.20. The highest BCUT2D eigenvalue weighted by Gasteiger charge is 2.12. The fraction of sp³-hybridized carbons (Fsp3) is 0.100. The van der Waals surface area contributed by atoms with Crippen LogP contribution in [0.2, 0.25) is 0 Å². The molecular formula is C10H10BrNO2S. The summed E-state index contributed by atoms with van der Waals surface area (Å²) in [5.41, 5.74) is 5.35. The van der Waals surface area contributed by atoms with Crippen LogP contribution in [0.5, 0.6) is 0 Å². The zero-order valence-electron chi connectivity index (χ0n) is 8.07. The fourth-order valence-electron chi connectivity index (χ4n) is 0.890. The molecule has 0 atom stereocenters. The van der Waals surface area contributed by atoms with Crippen LogP contribution in [-0.4, -0.2) is 13.1 Å². The number of methoxy groups -OCH3 is 1. The summed E-state index contributed by atoms with van der Waals surface area (Å²) in [5.74, 6) is -0.432. The van der Waals surface area contributed by atoms with Crippen molar-refractivity contribution in [3.05, 3.63) is 39.8 Å². The second kappa shape index (κ2) is 5.82. The predicted octanol–water partition coefficient (Wildman–Crippen LogP) is 2.51. The van der Waals surface area contributed by atoms with E-state index in [4.69, 9.17) is 5.73 Å². The van der Waals surface area contributed by atoms with Gasteiger partial charge in [-0.15, -0.1) is 0 Å². The Labute approximate surface area is 101 Å². The third-order valence-corrected chi connectivity index (χ3v) is 3.65. The Kier molecular flexibility index (Phi) is 4.71. The number of halogens is 1. The van der Waals surface area contributed by atoms with E-state index in [0.29, 0.717) is 4.91 Å². The van der Waals surface area contributed by atoms with Gasteiger partial charge < -0.3 is 10.5 Å². The van der Waals surface area contributed by atoms with Gasteiger partial charge in [0.15, 0.2) is 0 Å². The van der Waals surface area contributed by atoms with Gasteiger partial charge in [0.25, 0.3) is 0 Å². The molecule has 0 bridgehead atoms. The minimum atomic E-state index is -0.432. The quantitative estimate of drug-likeness (QED) is 0.527. The average Bonchev–Trinajstić information content (AvgIpc) is 2.27. The molecule has 1 rings (SSSR count). The maximum Gasteiger partial charge on any atom is 0.346 e. The van der Waals surface area contributed by atoms with Gasteiger partial charge in [-0.2, -0.15) is 0 Å². The number of ether oxygens (including phenoxy) is 1. The Balaban J connectivity index is 2.86. The van der Waals surface area contributed by atoms with Crippen LogP contribution in [0.4, 0.5) is 0 Å². The zero-order chi connectivity index (χ0) is 11.3. The van der Waals surface area contributed by atoms with Crippen molar-refractivity contribution in [3.8, 4) is 0 Å². The van der Waals surface area contributed by atoms with Crippen molar-refractivity contribution in [2.75, 3.05) is 7.11 Å². The molecule has 0 saturated heterocycles. The lowest BCUT2D eigenvalue weighted by molar-refractivity contribution is -0.135. The van der Waals surface area contributed by atoms with Crippen LogP contribution in [0, 0.1) is 0 Å². The first-order chi connectivity index (χ1) is 7.19. The van der Waals surface area contributed by atoms with E-state index < -0.39 is 5.97 Å². The molecule has 0 unspecified atom stereocenters. The molecule has 1 aromatic rings. The van der Waals surface area contributed by atoms with Gasteiger partial charge in [-0.05, 0) is 28.1 Å². The number of rotatable bonds is 3. The molecule has 0 fully saturated rings. The largest absolute Gasteiger partial charge is 0.465 e. The van der Waals surface area contributed by atoms with E-state index in [-0.39, 0.29) is 0 Å². The summed E-state index contributed by atoms with van der Waals surface area (Å²) in [6, 6.07) is 7.57. The standard InChI is InChI=1S/C10H10BrNO2S/c1-14-10(13)9(6-12)15-8-5-3-2-4-7(8)11/h2-6H,12H2,1H3/b9-6-. The van der Waals surface area contributed by atoms with Crippen molar-refractivity contribution in [3.63, 3.8) is 0 Å². The van der Waals surface area contributed by atoms with Crippen molar-refractivity contribution in [1.82, 2.24) is 0 Å². The van der Waals surface area contributed by atoms with Gasteiger partial charge in [0.1, 0.15) is 4.91 Å². The molecule has 5 heteroatoms. The van der Waals surface area contributed by atoms with E-state index in [2.05, 4.69) is 20.7 Å². The molecule has 0 amide bonds. The summed E-state index contributed by atoms with van der Waals surface area (Å²) in [4.78, 5) is 12.5. The molecule has 2 N–H and O–H groups in total. The third kappa shape index (κ3) is 3.28. The van der Waals surface area contributed by atoms with Gasteiger partial charge in [0.2, 0.25) is 0 Å². The summed E-state index contributed by atoms with van der Waals surface area (Å²) in [7, 11) is 1.33. The van der Waals surface area contributed by atoms with Crippen molar-refractivity contribution in [1.29, 1.82) is 0 Å². The van der Waals surface area contributed by atoms with E-state index >= 15 is 0 Å². The molecule has 0 aliphatic heterocycles. The van der Waals surface area contributed by atoms with Crippen LogP contribution in [-0.2, 0) is 9.53 Å². The molecule has 1 aromatic carbocycles. The topological polar surface area (TPSA) is 52.3 Å². The van der Waals surface area contributed by atoms with Crippen LogP contribution >= 0.6 is 27.7 Å². The van der Waals surface area contributed by atoms with Gasteiger partial charge >= 0.3 is 5.97 Å². The third-order valence-electron chi connectivity index (χ3n) is 1.59. The highest BCUT2D eigenvalue weighted by Crippen LogP contribution is 2.32. The number of carbonyl (C=O) groups is 1. The van der Waals surface area contributed by atoms with E-state index in [0.717, 1.165) is 9.37 Å². The minimum Gasteiger partial charge on any atom is -0.465 e. The smallest absolute Gasteiger partial charge is 0.346 e. The minimum absolute atomic E-state index is 0.365. The van der Waals surface area contributed by atoms with Crippen LogP contribution < -0.4 is 5.73 Å². The van der Waals surface area contributed by atoms with E-state index in [1.807, 2.05) is 24.3 Å². The lowest BCUT2D eigenvalue weighted by atomic mass is 10.4. The summed E-state index contributed by atoms with van der Waals surface area (Å²) in [6.45, 7) is 0. The molecule has 0 aliphatic carbocycles. The summed E-state index contributed by atoms with van der Waals surface area (Å²) < 4.78 is 5.51. The Bertz CT molecular complexity index is 393. The number of hydrogen-bond acceptors (Lipinski definition) is 4. The van der Waals surface area contributed by atoms with Gasteiger partial charge in [-0.25, -0.2) is 4.79 Å². The second-order valence-electron chi connectivity index (χ2n) is 2.55. The molecule has 0 aromatic heterocycles. The number of benzene rings is 1. The maximum absolute atomic E-state index is 11.3. The number of nitrogens with two attached hydrogens (primary N) is 1. The molecule has 0 heterocycles. The molecule has 0 saturated carbocycles. The molecule has 15 heavy (non-hydrogen) atoms. The van der Waals surface area contributed by atoms with Gasteiger partial charge in [-0.1, -0.05) is 23.9 Å². The molecule has 0 spiro atoms. The first-order valence-electron chi connectivity index (χ1n) is 4.11. The Morgan fingerprint density at radius 1 is 1.53 bits per heavy atom. The maximum atomic E-state index is 11.3. The van der Waals surface area contributed by atoms with E-state index in [1.54, 1.807) is 0 Å². The molecular weight excluding hydrogens is 278 g/mol. The summed E-state index contributed by atoms with van der Waals surface area (Å²) >= 11 is 4.65. The van der Waals surface area contributed by atoms with Crippen LogP contribution in [0.25, 0.3) is 0 Å². The van der Waals surface area contributed by atoms with Gasteiger partial charge in [-0.3, -0.25) is 0 Å². The van der Waals surface area contributed by atoms with E-state index in [9.17, 15) is 4.79 Å². The normalized spacial score (nSPS) is 11.2. The summed E-state index contributed by atoms with van der Waals surface area (Å²) in [5, 5.41) is 0. The number of hydrogen-bond donors (Lipinski definition) is 1. The first kappa shape index (κ1) is 12.1. The zero-order valence-corrected chi connectivity index (χ0v) is 10.5. The van der Waals surface area contributed by atoms with Crippen LogP contribution in [0.15, 0.2) is 44.7 Å². The number of esters is 1. The highest BCUT2D eigenvalue weighted by molar-refractivity contribution is 9.10. The van der Waals surface area contributed by atoms with Crippen LogP contribution in [0.3, 0.4) is 0 Å². The van der Waals surface area contributed by atoms with Gasteiger partial charge in [0.05, 0.1) is 7.11 Å². The van der Waals surface area contributed by atoms with E-state index in [1.165, 1.54) is 25.1 Å². The van der Waals surface area contributed by atoms with Crippen molar-refractivity contribution < 1.29 is 9.53 Å². The Morgan fingerprint density at radius 3 is 2.73 bits per heavy atom. The Hall–Kier alpha value is -0.940.